The van der Waals surface area contributed by atoms with Gasteiger partial charge in [0.05, 0.1) is 0 Å². The molecule has 0 aromatic rings. The molecule has 0 fully saturated rings. The normalized spacial score (nSPS) is 4.55. The summed E-state index contributed by atoms with van der Waals surface area (Å²) >= 11 is 0. The number of carboxylic acids is 2. The third-order valence-corrected chi connectivity index (χ3v) is 0. The fourth-order valence-electron chi connectivity index (χ4n) is 0. The Hall–Kier alpha value is -0.517. The molecule has 0 saturated heterocycles. The van der Waals surface area contributed by atoms with Crippen molar-refractivity contribution in [3.63, 3.8) is 0 Å². The van der Waals surface area contributed by atoms with E-state index in [1.165, 1.54) is 0 Å². The zero-order chi connectivity index (χ0) is 7.15. The summed E-state index contributed by atoms with van der Waals surface area (Å²) in [5, 5.41) is 17.8. The summed E-state index contributed by atoms with van der Waals surface area (Å²) in [6.07, 6.45) is 0. The average Bonchev–Trinajstić information content (AvgIpc) is 1.25. The van der Waals surface area contributed by atoms with E-state index in [9.17, 15) is 0 Å². The Kier molecular flexibility index (Phi) is 64.7. The number of aliphatic carboxylic acids is 2. The zero-order valence-corrected chi connectivity index (χ0v) is 7.61. The molecule has 0 aromatic carbocycles. The maximum absolute atomic E-state index is 8.89. The Balaban J connectivity index is -0.0000000171. The van der Waals surface area contributed by atoms with Gasteiger partial charge >= 0.3 is 0 Å². The molecule has 6 nitrogen and oxygen atoms in total. The molecular weight excluding hydrogens is 247 g/mol. The first-order valence-corrected chi connectivity index (χ1v) is 1.82. The molecule has 0 aliphatic rings. The molecule has 0 aliphatic carbocycles. The zero-order valence-electron chi connectivity index (χ0n) is 5.97. The molecule has 0 rings (SSSR count). The largest absolute Gasteiger partial charge is 0.550 e. The topological polar surface area (TPSA) is 143 Å². The molecule has 0 amide bonds. The fourth-order valence-corrected chi connectivity index (χ4v) is 0. The standard InChI is InChI=1S/2C2H4O2.2H2O.Rh/c2*1-2(3)4;;;/h2*1H3,(H,3,4);2*1H2;/p-2. The maximum Gasteiger partial charge on any atom is 0.0383 e. The molecule has 0 bridgehead atoms. The summed E-state index contributed by atoms with van der Waals surface area (Å²) in [7, 11) is 0. The van der Waals surface area contributed by atoms with Crippen LogP contribution in [0, 0.1) is 0 Å². The van der Waals surface area contributed by atoms with Crippen LogP contribution in [0.3, 0.4) is 0 Å². The minimum atomic E-state index is -1.08. The van der Waals surface area contributed by atoms with Crippen molar-refractivity contribution in [1.82, 2.24) is 0 Å². The summed E-state index contributed by atoms with van der Waals surface area (Å²) in [4.78, 5) is 17.8. The van der Waals surface area contributed by atoms with Gasteiger partial charge in [0.2, 0.25) is 0 Å². The van der Waals surface area contributed by atoms with Crippen LogP contribution < -0.4 is 10.2 Å². The predicted molar refractivity (Wildman–Crippen MR) is 28.6 cm³/mol. The Labute approximate surface area is 76.6 Å². The van der Waals surface area contributed by atoms with Gasteiger partial charge in [0.25, 0.3) is 0 Å². The van der Waals surface area contributed by atoms with Crippen molar-refractivity contribution in [1.29, 1.82) is 0 Å². The molecule has 0 aliphatic heterocycles. The van der Waals surface area contributed by atoms with Gasteiger partial charge < -0.3 is 30.8 Å². The van der Waals surface area contributed by atoms with Crippen LogP contribution in [0.1, 0.15) is 13.8 Å². The maximum atomic E-state index is 8.89. The van der Waals surface area contributed by atoms with Crippen molar-refractivity contribution < 1.29 is 50.2 Å². The van der Waals surface area contributed by atoms with Crippen molar-refractivity contribution in [2.45, 2.75) is 13.8 Å². The minimum absolute atomic E-state index is 0. The Morgan fingerprint density at radius 3 is 0.909 bits per heavy atom. The van der Waals surface area contributed by atoms with Gasteiger partial charge in [-0.1, -0.05) is 0 Å². The van der Waals surface area contributed by atoms with Crippen LogP contribution in [0.15, 0.2) is 0 Å². The van der Waals surface area contributed by atoms with Crippen LogP contribution in [0.25, 0.3) is 0 Å². The van der Waals surface area contributed by atoms with Crippen LogP contribution in [-0.4, -0.2) is 22.9 Å². The van der Waals surface area contributed by atoms with Gasteiger partial charge in [0.1, 0.15) is 0 Å². The number of hydrogen-bond donors (Lipinski definition) is 0. The Morgan fingerprint density at radius 1 is 0.909 bits per heavy atom. The molecule has 0 unspecified atom stereocenters. The quantitative estimate of drug-likeness (QED) is 0.405. The van der Waals surface area contributed by atoms with E-state index in [2.05, 4.69) is 0 Å². The van der Waals surface area contributed by atoms with Crippen molar-refractivity contribution >= 4 is 11.9 Å². The van der Waals surface area contributed by atoms with Crippen LogP contribution in [-0.2, 0) is 29.1 Å². The van der Waals surface area contributed by atoms with Crippen LogP contribution in [0.2, 0.25) is 0 Å². The molecule has 0 heterocycles. The van der Waals surface area contributed by atoms with Gasteiger partial charge in [-0.05, 0) is 13.8 Å². The molecule has 4 N–H and O–H groups in total. The van der Waals surface area contributed by atoms with Gasteiger partial charge in [-0.2, -0.15) is 0 Å². The third-order valence-electron chi connectivity index (χ3n) is 0. The van der Waals surface area contributed by atoms with E-state index >= 15 is 0 Å². The molecule has 1 radical (unpaired) electrons. The van der Waals surface area contributed by atoms with E-state index in [-0.39, 0.29) is 30.4 Å². The van der Waals surface area contributed by atoms with Gasteiger partial charge in [0.15, 0.2) is 0 Å². The van der Waals surface area contributed by atoms with E-state index in [0.717, 1.165) is 13.8 Å². The van der Waals surface area contributed by atoms with Crippen LogP contribution in [0.4, 0.5) is 0 Å². The van der Waals surface area contributed by atoms with Crippen LogP contribution >= 0.6 is 0 Å². The number of rotatable bonds is 0. The fraction of sp³-hybridized carbons (Fsp3) is 0.500. The monoisotopic (exact) mass is 257 g/mol. The van der Waals surface area contributed by atoms with Crippen molar-refractivity contribution in [3.8, 4) is 0 Å². The van der Waals surface area contributed by atoms with Gasteiger partial charge in [-0.15, -0.1) is 0 Å². The molecule has 0 atom stereocenters. The van der Waals surface area contributed by atoms with E-state index in [1.807, 2.05) is 0 Å². The summed E-state index contributed by atoms with van der Waals surface area (Å²) in [6.45, 7) is 1.94. The van der Waals surface area contributed by atoms with E-state index in [4.69, 9.17) is 19.8 Å². The number of carbonyl (C=O) groups excluding carboxylic acids is 2. The molecule has 11 heavy (non-hydrogen) atoms. The van der Waals surface area contributed by atoms with E-state index < -0.39 is 11.9 Å². The number of carbonyl (C=O) groups is 2. The van der Waals surface area contributed by atoms with Gasteiger partial charge in [-0.3, -0.25) is 0 Å². The van der Waals surface area contributed by atoms with E-state index in [1.54, 1.807) is 0 Å². The SMILES string of the molecule is CC(=O)[O-].CC(=O)[O-].O.O.[Rh]. The first-order chi connectivity index (χ1) is 3.46. The Bertz CT molecular complexity index is 72.6. The minimum Gasteiger partial charge on any atom is -0.550 e. The summed E-state index contributed by atoms with van der Waals surface area (Å²) < 4.78 is 0. The number of hydrogen-bond acceptors (Lipinski definition) is 4. The second-order valence-electron chi connectivity index (χ2n) is 0.983. The molecule has 73 valence electrons. The summed E-state index contributed by atoms with van der Waals surface area (Å²) in [5.74, 6) is -2.17. The van der Waals surface area contributed by atoms with Gasteiger partial charge in [0, 0.05) is 31.4 Å². The first-order valence-electron chi connectivity index (χ1n) is 1.82. The smallest absolute Gasteiger partial charge is 0.0383 e. The van der Waals surface area contributed by atoms with Crippen molar-refractivity contribution in [3.05, 3.63) is 0 Å². The second kappa shape index (κ2) is 22.7. The third kappa shape index (κ3) is 1990. The predicted octanol–water partition coefficient (Wildman–Crippen LogP) is -4.14. The van der Waals surface area contributed by atoms with Gasteiger partial charge in [-0.25, -0.2) is 0 Å². The number of carboxylic acid groups (broad SMARTS) is 2. The molecular formula is C4H10O6Rh-2. The van der Waals surface area contributed by atoms with Crippen LogP contribution in [0.5, 0.6) is 0 Å². The second-order valence-corrected chi connectivity index (χ2v) is 0.983. The summed E-state index contributed by atoms with van der Waals surface area (Å²) in [6, 6.07) is 0. The first kappa shape index (κ1) is 31.4. The van der Waals surface area contributed by atoms with Crippen molar-refractivity contribution in [2.24, 2.45) is 0 Å². The summed E-state index contributed by atoms with van der Waals surface area (Å²) in [5.41, 5.74) is 0. The van der Waals surface area contributed by atoms with E-state index in [0.29, 0.717) is 0 Å². The molecule has 0 saturated carbocycles. The molecule has 7 heteroatoms. The molecule has 0 spiro atoms. The Morgan fingerprint density at radius 2 is 0.909 bits per heavy atom. The van der Waals surface area contributed by atoms with Crippen molar-refractivity contribution in [2.75, 3.05) is 0 Å². The average molecular weight is 257 g/mol. The molecule has 0 aromatic heterocycles.